The van der Waals surface area contributed by atoms with E-state index in [-0.39, 0.29) is 17.3 Å². The molecule has 7 nitrogen and oxygen atoms in total. The SMILES string of the molecule is CS(=O)(=O)c1nccn1CCCCS(=O)(=O)O. The summed E-state index contributed by atoms with van der Waals surface area (Å²) in [5, 5.41) is -0.0376. The lowest BCUT2D eigenvalue weighted by Gasteiger charge is -2.05. The van der Waals surface area contributed by atoms with E-state index in [1.54, 1.807) is 0 Å². The maximum Gasteiger partial charge on any atom is 0.264 e. The number of imidazole rings is 1. The number of unbranched alkanes of at least 4 members (excludes halogenated alkanes) is 1. The van der Waals surface area contributed by atoms with Crippen LogP contribution >= 0.6 is 0 Å². The van der Waals surface area contributed by atoms with Gasteiger partial charge in [-0.2, -0.15) is 8.42 Å². The van der Waals surface area contributed by atoms with E-state index in [2.05, 4.69) is 4.98 Å². The largest absolute Gasteiger partial charge is 0.322 e. The van der Waals surface area contributed by atoms with Crippen molar-refractivity contribution in [1.29, 1.82) is 0 Å². The highest BCUT2D eigenvalue weighted by atomic mass is 32.2. The minimum Gasteiger partial charge on any atom is -0.322 e. The number of sulfone groups is 1. The van der Waals surface area contributed by atoms with Gasteiger partial charge in [-0.25, -0.2) is 13.4 Å². The van der Waals surface area contributed by atoms with E-state index in [0.717, 1.165) is 6.26 Å². The molecule has 0 aliphatic rings. The lowest BCUT2D eigenvalue weighted by molar-refractivity contribution is 0.476. The van der Waals surface area contributed by atoms with Gasteiger partial charge in [-0.3, -0.25) is 4.55 Å². The fraction of sp³-hybridized carbons (Fsp3) is 0.625. The molecule has 0 bridgehead atoms. The Bertz CT molecular complexity index is 573. The molecule has 0 aliphatic heterocycles. The lowest BCUT2D eigenvalue weighted by atomic mass is 10.3. The van der Waals surface area contributed by atoms with Crippen LogP contribution in [0.1, 0.15) is 12.8 Å². The van der Waals surface area contributed by atoms with Crippen molar-refractivity contribution in [2.45, 2.75) is 24.5 Å². The van der Waals surface area contributed by atoms with Crippen LogP contribution in [0.2, 0.25) is 0 Å². The second kappa shape index (κ2) is 5.15. The topological polar surface area (TPSA) is 106 Å². The van der Waals surface area contributed by atoms with Gasteiger partial charge in [0.2, 0.25) is 15.0 Å². The monoisotopic (exact) mass is 282 g/mol. The molecule has 1 N–H and O–H groups in total. The van der Waals surface area contributed by atoms with Gasteiger partial charge in [0.1, 0.15) is 0 Å². The van der Waals surface area contributed by atoms with Gasteiger partial charge in [-0.1, -0.05) is 0 Å². The molecule has 0 saturated heterocycles. The molecular formula is C8H14N2O5S2. The van der Waals surface area contributed by atoms with Gasteiger partial charge in [0.25, 0.3) is 10.1 Å². The number of hydrogen-bond donors (Lipinski definition) is 1. The van der Waals surface area contributed by atoms with Gasteiger partial charge in [-0.15, -0.1) is 0 Å². The van der Waals surface area contributed by atoms with Gasteiger partial charge < -0.3 is 4.57 Å². The van der Waals surface area contributed by atoms with Crippen molar-refractivity contribution < 1.29 is 21.4 Å². The zero-order chi connectivity index (χ0) is 13.1. The third kappa shape index (κ3) is 4.84. The Morgan fingerprint density at radius 2 is 1.94 bits per heavy atom. The minimum absolute atomic E-state index is 0.0376. The van der Waals surface area contributed by atoms with Gasteiger partial charge >= 0.3 is 0 Å². The molecule has 98 valence electrons. The molecule has 0 saturated carbocycles. The zero-order valence-corrected chi connectivity index (χ0v) is 10.9. The van der Waals surface area contributed by atoms with Gasteiger partial charge in [0, 0.05) is 25.2 Å². The molecule has 1 rings (SSSR count). The van der Waals surface area contributed by atoms with Crippen molar-refractivity contribution in [2.75, 3.05) is 12.0 Å². The van der Waals surface area contributed by atoms with Crippen molar-refractivity contribution >= 4 is 20.0 Å². The van der Waals surface area contributed by atoms with Crippen molar-refractivity contribution in [2.24, 2.45) is 0 Å². The first kappa shape index (κ1) is 14.1. The third-order valence-electron chi connectivity index (χ3n) is 2.06. The van der Waals surface area contributed by atoms with Gasteiger partial charge in [-0.05, 0) is 12.8 Å². The summed E-state index contributed by atoms with van der Waals surface area (Å²) >= 11 is 0. The Kier molecular flexibility index (Phi) is 4.28. The molecule has 0 spiro atoms. The molecule has 0 fully saturated rings. The summed E-state index contributed by atoms with van der Waals surface area (Å²) in [7, 11) is -7.32. The third-order valence-corrected chi connectivity index (χ3v) is 3.87. The standard InChI is InChI=1S/C8H14N2O5S2/c1-16(11,12)8-9-4-6-10(8)5-2-3-7-17(13,14)15/h4,6H,2-3,5,7H2,1H3,(H,13,14,15). The van der Waals surface area contributed by atoms with E-state index < -0.39 is 20.0 Å². The highest BCUT2D eigenvalue weighted by molar-refractivity contribution is 7.90. The normalized spacial score (nSPS) is 12.8. The van der Waals surface area contributed by atoms with Crippen molar-refractivity contribution in [3.8, 4) is 0 Å². The Hall–Kier alpha value is -0.930. The van der Waals surface area contributed by atoms with Crippen molar-refractivity contribution in [3.63, 3.8) is 0 Å². The van der Waals surface area contributed by atoms with E-state index in [1.807, 2.05) is 0 Å². The van der Waals surface area contributed by atoms with E-state index in [9.17, 15) is 16.8 Å². The molecule has 17 heavy (non-hydrogen) atoms. The van der Waals surface area contributed by atoms with Crippen LogP contribution in [-0.4, -0.2) is 42.9 Å². The quantitative estimate of drug-likeness (QED) is 0.579. The molecule has 0 aliphatic carbocycles. The average Bonchev–Trinajstić information content (AvgIpc) is 2.58. The Morgan fingerprint density at radius 3 is 2.47 bits per heavy atom. The number of aryl methyl sites for hydroxylation is 1. The summed E-state index contributed by atoms with van der Waals surface area (Å²) in [5.41, 5.74) is 0. The van der Waals surface area contributed by atoms with Crippen LogP contribution in [0.3, 0.4) is 0 Å². The molecule has 0 atom stereocenters. The average molecular weight is 282 g/mol. The summed E-state index contributed by atoms with van der Waals surface area (Å²) in [6, 6.07) is 0. The summed E-state index contributed by atoms with van der Waals surface area (Å²) < 4.78 is 53.5. The predicted octanol–water partition coefficient (Wildman–Crippen LogP) is -0.0454. The maximum atomic E-state index is 11.3. The van der Waals surface area contributed by atoms with E-state index in [4.69, 9.17) is 4.55 Å². The number of nitrogens with zero attached hydrogens (tertiary/aromatic N) is 2. The second-order valence-electron chi connectivity index (χ2n) is 3.67. The number of hydrogen-bond acceptors (Lipinski definition) is 5. The first-order valence-electron chi connectivity index (χ1n) is 4.86. The molecular weight excluding hydrogens is 268 g/mol. The zero-order valence-electron chi connectivity index (χ0n) is 9.27. The van der Waals surface area contributed by atoms with Crippen molar-refractivity contribution in [3.05, 3.63) is 12.4 Å². The predicted molar refractivity (Wildman–Crippen MR) is 61.0 cm³/mol. The highest BCUT2D eigenvalue weighted by Gasteiger charge is 2.14. The smallest absolute Gasteiger partial charge is 0.264 e. The van der Waals surface area contributed by atoms with Crippen LogP contribution in [-0.2, 0) is 26.5 Å². The lowest BCUT2D eigenvalue weighted by Crippen LogP contribution is -2.10. The van der Waals surface area contributed by atoms with Crippen LogP contribution in [0.15, 0.2) is 17.6 Å². The van der Waals surface area contributed by atoms with Crippen LogP contribution in [0, 0.1) is 0 Å². The number of rotatable bonds is 6. The van der Waals surface area contributed by atoms with Crippen LogP contribution in [0.25, 0.3) is 0 Å². The van der Waals surface area contributed by atoms with Crippen LogP contribution in [0.5, 0.6) is 0 Å². The van der Waals surface area contributed by atoms with Gasteiger partial charge in [0.15, 0.2) is 0 Å². The van der Waals surface area contributed by atoms with Crippen molar-refractivity contribution in [1.82, 2.24) is 9.55 Å². The fourth-order valence-electron chi connectivity index (χ4n) is 1.36. The van der Waals surface area contributed by atoms with Crippen LogP contribution in [0.4, 0.5) is 0 Å². The Labute approximate surface area is 100 Å². The first-order chi connectivity index (χ1) is 7.70. The molecule has 0 radical (unpaired) electrons. The van der Waals surface area contributed by atoms with E-state index in [1.165, 1.54) is 17.0 Å². The summed E-state index contributed by atoms with van der Waals surface area (Å²) in [4.78, 5) is 3.72. The highest BCUT2D eigenvalue weighted by Crippen LogP contribution is 2.07. The Morgan fingerprint density at radius 1 is 1.29 bits per heavy atom. The molecule has 0 amide bonds. The summed E-state index contributed by atoms with van der Waals surface area (Å²) in [5.74, 6) is -0.324. The molecule has 1 heterocycles. The van der Waals surface area contributed by atoms with Gasteiger partial charge in [0.05, 0.1) is 5.75 Å². The summed E-state index contributed by atoms with van der Waals surface area (Å²) in [6.45, 7) is 0.345. The van der Waals surface area contributed by atoms with E-state index in [0.29, 0.717) is 13.0 Å². The minimum atomic E-state index is -3.95. The maximum absolute atomic E-state index is 11.3. The Balaban J connectivity index is 2.57. The van der Waals surface area contributed by atoms with E-state index >= 15 is 0 Å². The fourth-order valence-corrected chi connectivity index (χ4v) is 2.76. The molecule has 0 aromatic carbocycles. The van der Waals surface area contributed by atoms with Crippen LogP contribution < -0.4 is 0 Å². The molecule has 9 heteroatoms. The number of aromatic nitrogens is 2. The molecule has 0 unspecified atom stereocenters. The summed E-state index contributed by atoms with van der Waals surface area (Å²) in [6.07, 6.45) is 4.66. The first-order valence-corrected chi connectivity index (χ1v) is 8.36. The molecule has 1 aromatic rings. The second-order valence-corrected chi connectivity index (χ2v) is 7.15. The molecule has 1 aromatic heterocycles.